The number of benzene rings is 1. The van der Waals surface area contributed by atoms with Crippen molar-refractivity contribution in [1.82, 2.24) is 19.8 Å². The normalized spacial score (nSPS) is 16.1. The molecule has 0 saturated carbocycles. The van der Waals surface area contributed by atoms with Crippen molar-refractivity contribution in [3.63, 3.8) is 0 Å². The highest BCUT2D eigenvalue weighted by molar-refractivity contribution is 5.85. The van der Waals surface area contributed by atoms with E-state index < -0.39 is 11.2 Å². The molecule has 1 unspecified atom stereocenters. The van der Waals surface area contributed by atoms with E-state index in [1.807, 2.05) is 30.3 Å². The molecule has 2 aromatic rings. The van der Waals surface area contributed by atoms with Gasteiger partial charge in [-0.1, -0.05) is 30.3 Å². The second-order valence-corrected chi connectivity index (χ2v) is 6.23. The van der Waals surface area contributed by atoms with Gasteiger partial charge < -0.3 is 10.6 Å². The van der Waals surface area contributed by atoms with Gasteiger partial charge in [0.05, 0.1) is 6.54 Å². The SMILES string of the molecule is Cl.O=C(Cn1c(=O)ccn(Cc2ccccc2)c1=O)NCC1CCCN1. The van der Waals surface area contributed by atoms with E-state index in [2.05, 4.69) is 10.6 Å². The highest BCUT2D eigenvalue weighted by Crippen LogP contribution is 2.03. The Bertz CT molecular complexity index is 842. The van der Waals surface area contributed by atoms with E-state index in [0.717, 1.165) is 29.5 Å². The summed E-state index contributed by atoms with van der Waals surface area (Å²) in [4.78, 5) is 36.6. The molecule has 140 valence electrons. The fourth-order valence-corrected chi connectivity index (χ4v) is 2.97. The van der Waals surface area contributed by atoms with Gasteiger partial charge in [0.25, 0.3) is 5.56 Å². The number of halogens is 1. The lowest BCUT2D eigenvalue weighted by molar-refractivity contribution is -0.121. The average Bonchev–Trinajstić information content (AvgIpc) is 3.14. The Morgan fingerprint density at radius 2 is 1.96 bits per heavy atom. The highest BCUT2D eigenvalue weighted by atomic mass is 35.5. The summed E-state index contributed by atoms with van der Waals surface area (Å²) in [6.45, 7) is 1.56. The van der Waals surface area contributed by atoms with Crippen molar-refractivity contribution in [2.75, 3.05) is 13.1 Å². The maximum absolute atomic E-state index is 12.5. The number of carbonyl (C=O) groups is 1. The van der Waals surface area contributed by atoms with Crippen molar-refractivity contribution in [2.45, 2.75) is 32.0 Å². The smallest absolute Gasteiger partial charge is 0.331 e. The fraction of sp³-hybridized carbons (Fsp3) is 0.389. The van der Waals surface area contributed by atoms with E-state index in [-0.39, 0.29) is 30.9 Å². The molecule has 0 spiro atoms. The monoisotopic (exact) mass is 378 g/mol. The summed E-state index contributed by atoms with van der Waals surface area (Å²) in [7, 11) is 0. The third kappa shape index (κ3) is 5.06. The van der Waals surface area contributed by atoms with Gasteiger partial charge in [0.1, 0.15) is 6.54 Å². The molecule has 0 bridgehead atoms. The zero-order valence-corrected chi connectivity index (χ0v) is 15.2. The van der Waals surface area contributed by atoms with Gasteiger partial charge >= 0.3 is 5.69 Å². The first-order chi connectivity index (χ1) is 12.1. The summed E-state index contributed by atoms with van der Waals surface area (Å²) in [6, 6.07) is 11.1. The molecule has 8 heteroatoms. The van der Waals surface area contributed by atoms with Gasteiger partial charge in [-0.2, -0.15) is 0 Å². The number of rotatable bonds is 6. The molecule has 1 aliphatic rings. The average molecular weight is 379 g/mol. The van der Waals surface area contributed by atoms with Crippen LogP contribution in [-0.4, -0.2) is 34.2 Å². The zero-order valence-electron chi connectivity index (χ0n) is 14.4. The molecular formula is C18H23ClN4O3. The molecule has 1 fully saturated rings. The predicted octanol–water partition coefficient (Wildman–Crippen LogP) is 0.348. The standard InChI is InChI=1S/C18H22N4O3.ClH/c23-16(20-11-15-7-4-9-19-15)13-22-17(24)8-10-21(18(22)25)12-14-5-2-1-3-6-14;/h1-3,5-6,8,10,15,19H,4,7,9,11-13H2,(H,20,23);1H. The summed E-state index contributed by atoms with van der Waals surface area (Å²) in [5.41, 5.74) is 0.000468. The summed E-state index contributed by atoms with van der Waals surface area (Å²) in [6.07, 6.45) is 3.59. The van der Waals surface area contributed by atoms with Crippen LogP contribution in [0.4, 0.5) is 0 Å². The molecule has 2 N–H and O–H groups in total. The summed E-state index contributed by atoms with van der Waals surface area (Å²) < 4.78 is 2.41. The summed E-state index contributed by atoms with van der Waals surface area (Å²) in [5, 5.41) is 6.07. The van der Waals surface area contributed by atoms with Crippen LogP contribution < -0.4 is 21.9 Å². The van der Waals surface area contributed by atoms with Gasteiger partial charge in [0.2, 0.25) is 5.91 Å². The van der Waals surface area contributed by atoms with E-state index in [1.165, 1.54) is 16.8 Å². The Kier molecular flexibility index (Phi) is 7.17. The molecule has 1 aliphatic heterocycles. The van der Waals surface area contributed by atoms with Gasteiger partial charge in [-0.3, -0.25) is 18.7 Å². The number of amides is 1. The Morgan fingerprint density at radius 3 is 2.65 bits per heavy atom. The lowest BCUT2D eigenvalue weighted by atomic mass is 10.2. The van der Waals surface area contributed by atoms with Crippen LogP contribution in [0, 0.1) is 0 Å². The topological polar surface area (TPSA) is 85.1 Å². The molecular weight excluding hydrogens is 356 g/mol. The number of hydrogen-bond donors (Lipinski definition) is 2. The van der Waals surface area contributed by atoms with Crippen LogP contribution in [-0.2, 0) is 17.9 Å². The number of hydrogen-bond acceptors (Lipinski definition) is 4. The van der Waals surface area contributed by atoms with Crippen molar-refractivity contribution < 1.29 is 4.79 Å². The van der Waals surface area contributed by atoms with Gasteiger partial charge in [0.15, 0.2) is 0 Å². The van der Waals surface area contributed by atoms with Crippen LogP contribution in [0.25, 0.3) is 0 Å². The van der Waals surface area contributed by atoms with Crippen LogP contribution >= 0.6 is 12.4 Å². The van der Waals surface area contributed by atoms with Crippen molar-refractivity contribution in [1.29, 1.82) is 0 Å². The van der Waals surface area contributed by atoms with E-state index in [4.69, 9.17) is 0 Å². The Hall–Kier alpha value is -2.38. The van der Waals surface area contributed by atoms with Crippen molar-refractivity contribution in [3.05, 3.63) is 69.0 Å². The van der Waals surface area contributed by atoms with Gasteiger partial charge in [-0.25, -0.2) is 4.79 Å². The summed E-state index contributed by atoms with van der Waals surface area (Å²) in [5.74, 6) is -0.328. The number of aromatic nitrogens is 2. The van der Waals surface area contributed by atoms with Crippen molar-refractivity contribution in [2.24, 2.45) is 0 Å². The first-order valence-corrected chi connectivity index (χ1v) is 8.48. The van der Waals surface area contributed by atoms with Crippen LogP contribution in [0.1, 0.15) is 18.4 Å². The maximum atomic E-state index is 12.5. The molecule has 7 nitrogen and oxygen atoms in total. The van der Waals surface area contributed by atoms with Gasteiger partial charge in [-0.05, 0) is 24.9 Å². The molecule has 2 heterocycles. The molecule has 1 amide bonds. The molecule has 0 radical (unpaired) electrons. The quantitative estimate of drug-likeness (QED) is 0.759. The Labute approximate surface area is 157 Å². The van der Waals surface area contributed by atoms with Crippen molar-refractivity contribution >= 4 is 18.3 Å². The molecule has 26 heavy (non-hydrogen) atoms. The minimum absolute atomic E-state index is 0. The second kappa shape index (κ2) is 9.35. The van der Waals surface area contributed by atoms with E-state index in [1.54, 1.807) is 0 Å². The minimum Gasteiger partial charge on any atom is -0.353 e. The lowest BCUT2D eigenvalue weighted by Gasteiger charge is -2.13. The first-order valence-electron chi connectivity index (χ1n) is 8.48. The lowest BCUT2D eigenvalue weighted by Crippen LogP contribution is -2.45. The highest BCUT2D eigenvalue weighted by Gasteiger charge is 2.16. The molecule has 1 saturated heterocycles. The molecule has 1 atom stereocenters. The third-order valence-corrected chi connectivity index (χ3v) is 4.35. The Balaban J connectivity index is 0.00000243. The molecule has 3 rings (SSSR count). The number of nitrogens with one attached hydrogen (secondary N) is 2. The van der Waals surface area contributed by atoms with Gasteiger partial charge in [0, 0.05) is 24.8 Å². The van der Waals surface area contributed by atoms with E-state index in [9.17, 15) is 14.4 Å². The largest absolute Gasteiger partial charge is 0.353 e. The van der Waals surface area contributed by atoms with E-state index >= 15 is 0 Å². The van der Waals surface area contributed by atoms with Crippen molar-refractivity contribution in [3.8, 4) is 0 Å². The van der Waals surface area contributed by atoms with Crippen LogP contribution in [0.5, 0.6) is 0 Å². The Morgan fingerprint density at radius 1 is 1.19 bits per heavy atom. The van der Waals surface area contributed by atoms with Gasteiger partial charge in [-0.15, -0.1) is 12.4 Å². The summed E-state index contributed by atoms with van der Waals surface area (Å²) >= 11 is 0. The predicted molar refractivity (Wildman–Crippen MR) is 102 cm³/mol. The zero-order chi connectivity index (χ0) is 17.6. The maximum Gasteiger partial charge on any atom is 0.331 e. The minimum atomic E-state index is -0.481. The van der Waals surface area contributed by atoms with Crippen LogP contribution in [0.15, 0.2) is 52.2 Å². The van der Waals surface area contributed by atoms with Crippen LogP contribution in [0.2, 0.25) is 0 Å². The first kappa shape index (κ1) is 19.9. The molecule has 1 aromatic heterocycles. The van der Waals surface area contributed by atoms with E-state index in [0.29, 0.717) is 13.1 Å². The third-order valence-electron chi connectivity index (χ3n) is 4.35. The molecule has 1 aromatic carbocycles. The number of nitrogens with zero attached hydrogens (tertiary/aromatic N) is 2. The fourth-order valence-electron chi connectivity index (χ4n) is 2.97. The second-order valence-electron chi connectivity index (χ2n) is 6.23. The number of carbonyl (C=O) groups excluding carboxylic acids is 1. The molecule has 0 aliphatic carbocycles. The van der Waals surface area contributed by atoms with Crippen LogP contribution in [0.3, 0.4) is 0 Å².